The molecule has 3 aromatic rings. The Balaban J connectivity index is 1.67. The van der Waals surface area contributed by atoms with Gasteiger partial charge in [-0.25, -0.2) is 4.98 Å². The minimum atomic E-state index is -4.62. The quantitative estimate of drug-likeness (QED) is 0.180. The monoisotopic (exact) mass is 530 g/mol. The van der Waals surface area contributed by atoms with E-state index in [1.54, 1.807) is 48.5 Å². The summed E-state index contributed by atoms with van der Waals surface area (Å²) >= 11 is 0. The van der Waals surface area contributed by atoms with E-state index < -0.39 is 11.7 Å². The van der Waals surface area contributed by atoms with Crippen LogP contribution in [0.4, 0.5) is 36.3 Å². The molecule has 0 saturated carbocycles. The molecule has 0 spiro atoms. The highest BCUT2D eigenvalue weighted by molar-refractivity contribution is 5.64. The van der Waals surface area contributed by atoms with Crippen LogP contribution in [0, 0.1) is 0 Å². The minimum absolute atomic E-state index is 0.0389. The third-order valence-corrected chi connectivity index (χ3v) is 5.83. The van der Waals surface area contributed by atoms with Crippen LogP contribution >= 0.6 is 0 Å². The maximum absolute atomic E-state index is 13.7. The van der Waals surface area contributed by atoms with E-state index in [1.807, 2.05) is 0 Å². The van der Waals surface area contributed by atoms with Crippen molar-refractivity contribution in [2.24, 2.45) is 0 Å². The lowest BCUT2D eigenvalue weighted by Crippen LogP contribution is -2.12. The van der Waals surface area contributed by atoms with Gasteiger partial charge in [0, 0.05) is 23.6 Å². The molecular weight excluding hydrogens is 493 g/mol. The first kappa shape index (κ1) is 29.1. The van der Waals surface area contributed by atoms with Crippen molar-refractivity contribution in [1.29, 1.82) is 0 Å². The lowest BCUT2D eigenvalue weighted by Gasteiger charge is -2.15. The fourth-order valence-corrected chi connectivity index (χ4v) is 3.75. The molecule has 6 nitrogen and oxygen atoms in total. The van der Waals surface area contributed by atoms with E-state index >= 15 is 0 Å². The maximum atomic E-state index is 13.7. The summed E-state index contributed by atoms with van der Waals surface area (Å²) in [6.45, 7) is 5.51. The largest absolute Gasteiger partial charge is 0.494 e. The topological polar surface area (TPSA) is 68.3 Å². The summed E-state index contributed by atoms with van der Waals surface area (Å²) in [6, 6.07) is 14.0. The second-order valence-corrected chi connectivity index (χ2v) is 9.07. The summed E-state index contributed by atoms with van der Waals surface area (Å²) in [4.78, 5) is 8.02. The number of hydrogen-bond acceptors (Lipinski definition) is 6. The molecule has 0 saturated heterocycles. The van der Waals surface area contributed by atoms with Crippen molar-refractivity contribution in [2.45, 2.75) is 71.4 Å². The van der Waals surface area contributed by atoms with Gasteiger partial charge < -0.3 is 20.1 Å². The number of unbranched alkanes of at least 4 members (excludes halogenated alkanes) is 6. The zero-order chi connectivity index (χ0) is 27.2. The van der Waals surface area contributed by atoms with Gasteiger partial charge in [0.1, 0.15) is 22.9 Å². The van der Waals surface area contributed by atoms with Crippen LogP contribution in [0.15, 0.2) is 54.7 Å². The lowest BCUT2D eigenvalue weighted by atomic mass is 10.2. The van der Waals surface area contributed by atoms with Gasteiger partial charge >= 0.3 is 6.18 Å². The number of ether oxygens (including phenoxy) is 2. The van der Waals surface area contributed by atoms with Crippen LogP contribution in [0.2, 0.25) is 0 Å². The Morgan fingerprint density at radius 1 is 0.737 bits per heavy atom. The highest BCUT2D eigenvalue weighted by Gasteiger charge is 2.35. The normalized spacial score (nSPS) is 11.3. The van der Waals surface area contributed by atoms with Crippen LogP contribution < -0.4 is 20.1 Å². The third-order valence-electron chi connectivity index (χ3n) is 5.83. The molecular formula is C29H37F3N4O2. The molecule has 0 aliphatic carbocycles. The number of anilines is 4. The van der Waals surface area contributed by atoms with Gasteiger partial charge in [-0.2, -0.15) is 18.2 Å². The Labute approximate surface area is 223 Å². The van der Waals surface area contributed by atoms with Crippen molar-refractivity contribution in [3.8, 4) is 11.5 Å². The predicted octanol–water partition coefficient (Wildman–Crippen LogP) is 8.90. The molecule has 0 radical (unpaired) electrons. The van der Waals surface area contributed by atoms with Crippen LogP contribution in [-0.2, 0) is 6.18 Å². The van der Waals surface area contributed by atoms with Crippen LogP contribution in [0.3, 0.4) is 0 Å². The zero-order valence-electron chi connectivity index (χ0n) is 22.1. The predicted molar refractivity (Wildman–Crippen MR) is 146 cm³/mol. The zero-order valence-corrected chi connectivity index (χ0v) is 22.1. The Hall–Kier alpha value is -3.49. The smallest absolute Gasteiger partial charge is 0.421 e. The van der Waals surface area contributed by atoms with Crippen molar-refractivity contribution in [2.75, 3.05) is 23.8 Å². The van der Waals surface area contributed by atoms with Gasteiger partial charge in [0.15, 0.2) is 0 Å². The van der Waals surface area contributed by atoms with E-state index in [0.717, 1.165) is 50.5 Å². The molecule has 0 aliphatic heterocycles. The molecule has 1 aromatic heterocycles. The molecule has 0 aliphatic rings. The number of hydrogen-bond donors (Lipinski definition) is 2. The standard InChI is InChI=1S/C29H37F3N4O2/c1-3-5-7-9-18-37-24-16-14-22(15-17-24)35-28-33-21-26(29(30,31)32)27(36-28)34-23-12-11-13-25(20-23)38-19-10-8-6-4-2/h11-17,20-21H,3-10,18-19H2,1-2H3,(H2,33,34,35,36). The number of benzene rings is 2. The van der Waals surface area contributed by atoms with E-state index in [1.165, 1.54) is 12.8 Å². The summed E-state index contributed by atoms with van der Waals surface area (Å²) in [5.41, 5.74) is 0.111. The molecule has 0 unspecified atom stereocenters. The highest BCUT2D eigenvalue weighted by atomic mass is 19.4. The molecule has 2 N–H and O–H groups in total. The number of rotatable bonds is 16. The van der Waals surface area contributed by atoms with Gasteiger partial charge in [-0.05, 0) is 49.2 Å². The van der Waals surface area contributed by atoms with Crippen LogP contribution in [0.1, 0.15) is 70.8 Å². The van der Waals surface area contributed by atoms with E-state index in [0.29, 0.717) is 30.3 Å². The molecule has 206 valence electrons. The summed E-state index contributed by atoms with van der Waals surface area (Å²) in [5, 5.41) is 5.76. The van der Waals surface area contributed by atoms with Gasteiger partial charge in [0.2, 0.25) is 5.95 Å². The molecule has 0 amide bonds. The van der Waals surface area contributed by atoms with Gasteiger partial charge in [-0.15, -0.1) is 0 Å². The van der Waals surface area contributed by atoms with Crippen molar-refractivity contribution in [1.82, 2.24) is 9.97 Å². The first-order valence-corrected chi connectivity index (χ1v) is 13.3. The lowest BCUT2D eigenvalue weighted by molar-refractivity contribution is -0.137. The number of alkyl halides is 3. The molecule has 0 bridgehead atoms. The SMILES string of the molecule is CCCCCCOc1ccc(Nc2ncc(C(F)(F)F)c(Nc3cccc(OCCCCCC)c3)n2)cc1. The van der Waals surface area contributed by atoms with Gasteiger partial charge in [0.25, 0.3) is 0 Å². The third kappa shape index (κ3) is 9.76. The molecule has 0 atom stereocenters. The molecule has 38 heavy (non-hydrogen) atoms. The number of nitrogens with zero attached hydrogens (tertiary/aromatic N) is 2. The molecule has 3 rings (SSSR count). The van der Waals surface area contributed by atoms with Gasteiger partial charge in [-0.3, -0.25) is 0 Å². The van der Waals surface area contributed by atoms with Gasteiger partial charge in [-0.1, -0.05) is 58.4 Å². The summed E-state index contributed by atoms with van der Waals surface area (Å²) in [5.74, 6) is 1.01. The Kier molecular flexibility index (Phi) is 11.5. The van der Waals surface area contributed by atoms with Crippen LogP contribution in [0.25, 0.3) is 0 Å². The minimum Gasteiger partial charge on any atom is -0.494 e. The summed E-state index contributed by atoms with van der Waals surface area (Å²) in [6.07, 6.45) is 4.93. The number of halogens is 3. The number of nitrogens with one attached hydrogen (secondary N) is 2. The Morgan fingerprint density at radius 3 is 2.03 bits per heavy atom. The maximum Gasteiger partial charge on any atom is 0.421 e. The fraction of sp³-hybridized carbons (Fsp3) is 0.448. The fourth-order valence-electron chi connectivity index (χ4n) is 3.75. The average molecular weight is 531 g/mol. The highest BCUT2D eigenvalue weighted by Crippen LogP contribution is 2.36. The second kappa shape index (κ2) is 15.1. The Morgan fingerprint density at radius 2 is 1.39 bits per heavy atom. The van der Waals surface area contributed by atoms with Crippen LogP contribution in [-0.4, -0.2) is 23.2 Å². The van der Waals surface area contributed by atoms with E-state index in [-0.39, 0.29) is 11.8 Å². The van der Waals surface area contributed by atoms with E-state index in [4.69, 9.17) is 9.47 Å². The van der Waals surface area contributed by atoms with Crippen LogP contribution in [0.5, 0.6) is 11.5 Å². The molecule has 1 heterocycles. The molecule has 9 heteroatoms. The van der Waals surface area contributed by atoms with E-state index in [9.17, 15) is 13.2 Å². The molecule has 2 aromatic carbocycles. The van der Waals surface area contributed by atoms with Crippen molar-refractivity contribution >= 4 is 23.1 Å². The van der Waals surface area contributed by atoms with Gasteiger partial charge in [0.05, 0.1) is 13.2 Å². The van der Waals surface area contributed by atoms with Crippen molar-refractivity contribution in [3.05, 3.63) is 60.3 Å². The van der Waals surface area contributed by atoms with E-state index in [2.05, 4.69) is 34.4 Å². The van der Waals surface area contributed by atoms with Crippen molar-refractivity contribution < 1.29 is 22.6 Å². The summed E-state index contributed by atoms with van der Waals surface area (Å²) < 4.78 is 52.6. The average Bonchev–Trinajstić information content (AvgIpc) is 2.89. The first-order chi connectivity index (χ1) is 18.4. The summed E-state index contributed by atoms with van der Waals surface area (Å²) in [7, 11) is 0. The second-order valence-electron chi connectivity index (χ2n) is 9.07. The first-order valence-electron chi connectivity index (χ1n) is 13.3. The number of aromatic nitrogens is 2. The van der Waals surface area contributed by atoms with Crippen molar-refractivity contribution in [3.63, 3.8) is 0 Å². The molecule has 0 fully saturated rings. The Bertz CT molecular complexity index is 1110.